The molecule has 1 atom stereocenters. The van der Waals surface area contributed by atoms with Crippen molar-refractivity contribution in [2.75, 3.05) is 31.9 Å². The number of rotatable bonds is 6. The summed E-state index contributed by atoms with van der Waals surface area (Å²) in [5.41, 5.74) is 7.70. The van der Waals surface area contributed by atoms with Gasteiger partial charge in [0.05, 0.1) is 36.7 Å². The molecular weight excluding hydrogens is 244 g/mol. The maximum absolute atomic E-state index is 11.4. The van der Waals surface area contributed by atoms with Crippen LogP contribution >= 0.6 is 0 Å². The lowest BCUT2D eigenvalue weighted by Gasteiger charge is -2.23. The molecule has 0 aliphatic heterocycles. The summed E-state index contributed by atoms with van der Waals surface area (Å²) in [7, 11) is 3.01. The number of benzene rings is 1. The zero-order valence-electron chi connectivity index (χ0n) is 11.9. The first-order valence-electron chi connectivity index (χ1n) is 6.23. The van der Waals surface area contributed by atoms with Crippen molar-refractivity contribution in [1.82, 2.24) is 0 Å². The molecule has 0 bridgehead atoms. The summed E-state index contributed by atoms with van der Waals surface area (Å²) in [5, 5.41) is 3.33. The summed E-state index contributed by atoms with van der Waals surface area (Å²) >= 11 is 0. The van der Waals surface area contributed by atoms with Gasteiger partial charge in [0.25, 0.3) is 0 Å². The van der Waals surface area contributed by atoms with Crippen LogP contribution in [0.1, 0.15) is 24.2 Å². The Morgan fingerprint density at radius 2 is 2.05 bits per heavy atom. The lowest BCUT2D eigenvalue weighted by molar-refractivity contribution is 0.0601. The van der Waals surface area contributed by atoms with Crippen LogP contribution in [-0.4, -0.2) is 32.8 Å². The van der Waals surface area contributed by atoms with Crippen LogP contribution in [0.4, 0.5) is 11.4 Å². The Hall–Kier alpha value is -1.75. The Morgan fingerprint density at radius 1 is 1.37 bits per heavy atom. The van der Waals surface area contributed by atoms with E-state index in [4.69, 9.17) is 10.5 Å². The third kappa shape index (κ3) is 4.13. The molecule has 0 spiro atoms. The number of nitrogen functional groups attached to an aromatic ring is 1. The normalized spacial score (nSPS) is 12.3. The Balaban J connectivity index is 2.87. The fraction of sp³-hybridized carbons (Fsp3) is 0.500. The Kier molecular flexibility index (Phi) is 5.63. The number of carbonyl (C=O) groups excluding carboxylic acids is 1. The SMILES string of the molecule is COCC(Nc1ccc(C(=O)OC)cc1N)C(C)C. The van der Waals surface area contributed by atoms with Crippen molar-refractivity contribution in [3.05, 3.63) is 23.8 Å². The van der Waals surface area contributed by atoms with Crippen molar-refractivity contribution < 1.29 is 14.3 Å². The van der Waals surface area contributed by atoms with Crippen molar-refractivity contribution in [3.63, 3.8) is 0 Å². The standard InChI is InChI=1S/C14H22N2O3/c1-9(2)13(8-18-3)16-12-6-5-10(7-11(12)15)14(17)19-4/h5-7,9,13,16H,8,15H2,1-4H3. The van der Waals surface area contributed by atoms with Gasteiger partial charge in [-0.25, -0.2) is 4.79 Å². The molecule has 0 saturated carbocycles. The van der Waals surface area contributed by atoms with Gasteiger partial charge in [0, 0.05) is 7.11 Å². The zero-order valence-corrected chi connectivity index (χ0v) is 11.9. The minimum absolute atomic E-state index is 0.163. The van der Waals surface area contributed by atoms with Crippen molar-refractivity contribution >= 4 is 17.3 Å². The molecule has 1 unspecified atom stereocenters. The van der Waals surface area contributed by atoms with Crippen molar-refractivity contribution in [2.24, 2.45) is 5.92 Å². The molecule has 1 rings (SSSR count). The molecule has 106 valence electrons. The van der Waals surface area contributed by atoms with Gasteiger partial charge in [-0.2, -0.15) is 0 Å². The van der Waals surface area contributed by atoms with Crippen LogP contribution in [0.3, 0.4) is 0 Å². The van der Waals surface area contributed by atoms with E-state index in [0.29, 0.717) is 23.8 Å². The average molecular weight is 266 g/mol. The molecule has 5 nitrogen and oxygen atoms in total. The third-order valence-electron chi connectivity index (χ3n) is 2.96. The van der Waals surface area contributed by atoms with Crippen LogP contribution in [0.25, 0.3) is 0 Å². The summed E-state index contributed by atoms with van der Waals surface area (Å²) in [5.74, 6) is 0.00943. The predicted octanol–water partition coefficient (Wildman–Crippen LogP) is 2.14. The molecule has 0 radical (unpaired) electrons. The second-order valence-electron chi connectivity index (χ2n) is 4.74. The van der Waals surface area contributed by atoms with Crippen molar-refractivity contribution in [2.45, 2.75) is 19.9 Å². The highest BCUT2D eigenvalue weighted by molar-refractivity contribution is 5.91. The molecule has 0 aliphatic rings. The van der Waals surface area contributed by atoms with Gasteiger partial charge >= 0.3 is 5.97 Å². The number of nitrogens with two attached hydrogens (primary N) is 1. The molecule has 19 heavy (non-hydrogen) atoms. The number of carbonyl (C=O) groups is 1. The largest absolute Gasteiger partial charge is 0.465 e. The second kappa shape index (κ2) is 6.99. The fourth-order valence-electron chi connectivity index (χ4n) is 1.72. The molecule has 0 aliphatic carbocycles. The molecule has 1 aromatic carbocycles. The predicted molar refractivity (Wildman–Crippen MR) is 76.3 cm³/mol. The number of anilines is 2. The van der Waals surface area contributed by atoms with Gasteiger partial charge in [0.1, 0.15) is 0 Å². The van der Waals surface area contributed by atoms with Gasteiger partial charge in [0.2, 0.25) is 0 Å². The smallest absolute Gasteiger partial charge is 0.337 e. The van der Waals surface area contributed by atoms with Crippen LogP contribution in [0.5, 0.6) is 0 Å². The van der Waals surface area contributed by atoms with Gasteiger partial charge in [-0.15, -0.1) is 0 Å². The fourth-order valence-corrected chi connectivity index (χ4v) is 1.72. The van der Waals surface area contributed by atoms with Crippen LogP contribution in [0.2, 0.25) is 0 Å². The maximum Gasteiger partial charge on any atom is 0.337 e. The minimum atomic E-state index is -0.393. The van der Waals surface area contributed by atoms with E-state index < -0.39 is 5.97 Å². The van der Waals surface area contributed by atoms with Gasteiger partial charge in [-0.05, 0) is 24.1 Å². The number of ether oxygens (including phenoxy) is 2. The van der Waals surface area contributed by atoms with Crippen LogP contribution < -0.4 is 11.1 Å². The molecule has 0 aromatic heterocycles. The van der Waals surface area contributed by atoms with E-state index in [1.165, 1.54) is 7.11 Å². The van der Waals surface area contributed by atoms with Gasteiger partial charge in [0.15, 0.2) is 0 Å². The molecule has 1 aromatic rings. The van der Waals surface area contributed by atoms with E-state index >= 15 is 0 Å². The highest BCUT2D eigenvalue weighted by atomic mass is 16.5. The topological polar surface area (TPSA) is 73.6 Å². The Morgan fingerprint density at radius 3 is 2.53 bits per heavy atom. The first-order chi connectivity index (χ1) is 8.99. The Labute approximate surface area is 114 Å². The molecular formula is C14H22N2O3. The molecule has 0 saturated heterocycles. The summed E-state index contributed by atoms with van der Waals surface area (Å²) in [6.45, 7) is 4.81. The van der Waals surface area contributed by atoms with Gasteiger partial charge < -0.3 is 20.5 Å². The zero-order chi connectivity index (χ0) is 14.4. The number of hydrogen-bond donors (Lipinski definition) is 2. The lowest BCUT2D eigenvalue weighted by atomic mass is 10.0. The van der Waals surface area contributed by atoms with Crippen LogP contribution in [-0.2, 0) is 9.47 Å². The van der Waals surface area contributed by atoms with Crippen LogP contribution in [0.15, 0.2) is 18.2 Å². The van der Waals surface area contributed by atoms with E-state index in [2.05, 4.69) is 23.9 Å². The van der Waals surface area contributed by atoms with Crippen molar-refractivity contribution in [3.8, 4) is 0 Å². The maximum atomic E-state index is 11.4. The summed E-state index contributed by atoms with van der Waals surface area (Å²) < 4.78 is 9.83. The molecule has 0 fully saturated rings. The average Bonchev–Trinajstić information content (AvgIpc) is 2.39. The van der Waals surface area contributed by atoms with Crippen LogP contribution in [0, 0.1) is 5.92 Å². The summed E-state index contributed by atoms with van der Waals surface area (Å²) in [6.07, 6.45) is 0. The number of nitrogens with one attached hydrogen (secondary N) is 1. The van der Waals surface area contributed by atoms with E-state index in [1.54, 1.807) is 25.3 Å². The van der Waals surface area contributed by atoms with Crippen molar-refractivity contribution in [1.29, 1.82) is 0 Å². The molecule has 0 amide bonds. The first kappa shape index (κ1) is 15.3. The number of esters is 1. The highest BCUT2D eigenvalue weighted by Crippen LogP contribution is 2.22. The Bertz CT molecular complexity index is 433. The monoisotopic (exact) mass is 266 g/mol. The highest BCUT2D eigenvalue weighted by Gasteiger charge is 2.15. The second-order valence-corrected chi connectivity index (χ2v) is 4.74. The van der Waals surface area contributed by atoms with E-state index in [1.807, 2.05) is 0 Å². The number of hydrogen-bond acceptors (Lipinski definition) is 5. The third-order valence-corrected chi connectivity index (χ3v) is 2.96. The van der Waals surface area contributed by atoms with Gasteiger partial charge in [-0.3, -0.25) is 0 Å². The quantitative estimate of drug-likeness (QED) is 0.609. The minimum Gasteiger partial charge on any atom is -0.465 e. The summed E-state index contributed by atoms with van der Waals surface area (Å²) in [6, 6.07) is 5.25. The van der Waals surface area contributed by atoms with E-state index in [9.17, 15) is 4.79 Å². The van der Waals surface area contributed by atoms with E-state index in [0.717, 1.165) is 5.69 Å². The molecule has 0 heterocycles. The van der Waals surface area contributed by atoms with Gasteiger partial charge in [-0.1, -0.05) is 13.8 Å². The van der Waals surface area contributed by atoms with E-state index in [-0.39, 0.29) is 6.04 Å². The molecule has 3 N–H and O–H groups in total. The summed E-state index contributed by atoms with van der Waals surface area (Å²) in [4.78, 5) is 11.4. The lowest BCUT2D eigenvalue weighted by Crippen LogP contribution is -2.30. The molecule has 5 heteroatoms. The first-order valence-corrected chi connectivity index (χ1v) is 6.23. The number of methoxy groups -OCH3 is 2.